The van der Waals surface area contributed by atoms with E-state index in [1.807, 2.05) is 19.3 Å². The van der Waals surface area contributed by atoms with E-state index in [4.69, 9.17) is 11.6 Å². The molecule has 0 saturated heterocycles. The van der Waals surface area contributed by atoms with E-state index in [0.29, 0.717) is 22.7 Å². The average molecular weight is 266 g/mol. The standard InChI is InChI=1S/C14H13ClFNO/c1-17-9-3-6-13(17)14(18)8-7-10-11(15)4-2-5-12(10)16/h2-6,9H,7-8H2,1H3. The zero-order chi connectivity index (χ0) is 13.1. The number of ketones is 1. The van der Waals surface area contributed by atoms with E-state index in [1.54, 1.807) is 22.8 Å². The first-order valence-electron chi connectivity index (χ1n) is 5.67. The van der Waals surface area contributed by atoms with E-state index in [2.05, 4.69) is 0 Å². The Morgan fingerprint density at radius 1 is 1.33 bits per heavy atom. The number of rotatable bonds is 4. The zero-order valence-corrected chi connectivity index (χ0v) is 10.7. The molecule has 0 unspecified atom stereocenters. The van der Waals surface area contributed by atoms with Crippen LogP contribution in [0.2, 0.25) is 5.02 Å². The highest BCUT2D eigenvalue weighted by atomic mass is 35.5. The normalized spacial score (nSPS) is 10.6. The monoisotopic (exact) mass is 265 g/mol. The van der Waals surface area contributed by atoms with Crippen LogP contribution in [-0.2, 0) is 13.5 Å². The molecule has 2 rings (SSSR count). The Balaban J connectivity index is 2.09. The van der Waals surface area contributed by atoms with Crippen molar-refractivity contribution < 1.29 is 9.18 Å². The summed E-state index contributed by atoms with van der Waals surface area (Å²) in [6.07, 6.45) is 2.37. The Labute approximate surface area is 110 Å². The van der Waals surface area contributed by atoms with Gasteiger partial charge in [-0.05, 0) is 30.7 Å². The maximum atomic E-state index is 13.5. The first-order chi connectivity index (χ1) is 8.59. The fourth-order valence-corrected chi connectivity index (χ4v) is 2.15. The van der Waals surface area contributed by atoms with Crippen LogP contribution in [0.1, 0.15) is 22.5 Å². The fraction of sp³-hybridized carbons (Fsp3) is 0.214. The number of Topliss-reactive ketones (excluding diaryl/α,β-unsaturated/α-hetero) is 1. The van der Waals surface area contributed by atoms with Crippen molar-refractivity contribution in [3.05, 3.63) is 58.6 Å². The molecule has 0 saturated carbocycles. The molecule has 94 valence electrons. The van der Waals surface area contributed by atoms with Crippen molar-refractivity contribution in [2.75, 3.05) is 0 Å². The van der Waals surface area contributed by atoms with Crippen LogP contribution in [0.3, 0.4) is 0 Å². The molecule has 0 amide bonds. The molecule has 0 atom stereocenters. The van der Waals surface area contributed by atoms with E-state index < -0.39 is 0 Å². The second kappa shape index (κ2) is 5.36. The maximum absolute atomic E-state index is 13.5. The van der Waals surface area contributed by atoms with Crippen LogP contribution in [0, 0.1) is 5.82 Å². The Morgan fingerprint density at radius 3 is 2.72 bits per heavy atom. The van der Waals surface area contributed by atoms with Crippen LogP contribution < -0.4 is 0 Å². The van der Waals surface area contributed by atoms with E-state index in [-0.39, 0.29) is 18.0 Å². The summed E-state index contributed by atoms with van der Waals surface area (Å²) in [5.41, 5.74) is 1.03. The van der Waals surface area contributed by atoms with Crippen molar-refractivity contribution in [2.45, 2.75) is 12.8 Å². The summed E-state index contributed by atoms with van der Waals surface area (Å²) < 4.78 is 15.3. The zero-order valence-electron chi connectivity index (χ0n) is 9.99. The molecule has 0 aliphatic carbocycles. The quantitative estimate of drug-likeness (QED) is 0.774. The van der Waals surface area contributed by atoms with Crippen molar-refractivity contribution in [2.24, 2.45) is 7.05 Å². The minimum atomic E-state index is -0.359. The number of carbonyl (C=O) groups excluding carboxylic acids is 1. The number of aromatic nitrogens is 1. The van der Waals surface area contributed by atoms with Gasteiger partial charge in [-0.25, -0.2) is 4.39 Å². The number of halogens is 2. The summed E-state index contributed by atoms with van der Waals surface area (Å²) in [6.45, 7) is 0. The highest BCUT2D eigenvalue weighted by Gasteiger charge is 2.12. The van der Waals surface area contributed by atoms with Gasteiger partial charge in [-0.3, -0.25) is 4.79 Å². The van der Waals surface area contributed by atoms with Crippen molar-refractivity contribution in [1.29, 1.82) is 0 Å². The van der Waals surface area contributed by atoms with Crippen LogP contribution in [0.25, 0.3) is 0 Å². The molecule has 0 aliphatic heterocycles. The lowest BCUT2D eigenvalue weighted by Crippen LogP contribution is -2.07. The third-order valence-electron chi connectivity index (χ3n) is 2.89. The highest BCUT2D eigenvalue weighted by Crippen LogP contribution is 2.21. The predicted octanol–water partition coefficient (Wildman–Crippen LogP) is 3.63. The van der Waals surface area contributed by atoms with Crippen molar-refractivity contribution in [3.8, 4) is 0 Å². The molecule has 1 aromatic carbocycles. The average Bonchev–Trinajstić information content (AvgIpc) is 2.74. The van der Waals surface area contributed by atoms with Gasteiger partial charge in [0, 0.05) is 30.3 Å². The fourth-order valence-electron chi connectivity index (χ4n) is 1.89. The van der Waals surface area contributed by atoms with Gasteiger partial charge in [0.2, 0.25) is 0 Å². The molecule has 1 aromatic heterocycles. The summed E-state index contributed by atoms with van der Waals surface area (Å²) in [4.78, 5) is 11.9. The van der Waals surface area contributed by atoms with E-state index in [9.17, 15) is 9.18 Å². The number of aryl methyl sites for hydroxylation is 1. The Kier molecular flexibility index (Phi) is 3.82. The van der Waals surface area contributed by atoms with Gasteiger partial charge in [0.25, 0.3) is 0 Å². The van der Waals surface area contributed by atoms with Gasteiger partial charge in [-0.2, -0.15) is 0 Å². The predicted molar refractivity (Wildman–Crippen MR) is 69.5 cm³/mol. The lowest BCUT2D eigenvalue weighted by Gasteiger charge is -2.06. The Morgan fingerprint density at radius 2 is 2.11 bits per heavy atom. The topological polar surface area (TPSA) is 22.0 Å². The van der Waals surface area contributed by atoms with Gasteiger partial charge in [-0.1, -0.05) is 17.7 Å². The molecule has 18 heavy (non-hydrogen) atoms. The van der Waals surface area contributed by atoms with Crippen LogP contribution >= 0.6 is 11.6 Å². The highest BCUT2D eigenvalue weighted by molar-refractivity contribution is 6.31. The first kappa shape index (κ1) is 12.8. The largest absolute Gasteiger partial charge is 0.348 e. The second-order valence-corrected chi connectivity index (χ2v) is 4.53. The molecular formula is C14H13ClFNO. The van der Waals surface area contributed by atoms with Gasteiger partial charge in [0.15, 0.2) is 5.78 Å². The smallest absolute Gasteiger partial charge is 0.179 e. The van der Waals surface area contributed by atoms with E-state index in [1.165, 1.54) is 6.07 Å². The molecule has 0 N–H and O–H groups in total. The van der Waals surface area contributed by atoms with Gasteiger partial charge in [0.1, 0.15) is 5.82 Å². The summed E-state index contributed by atoms with van der Waals surface area (Å²) in [5, 5.41) is 0.370. The third kappa shape index (κ3) is 2.62. The van der Waals surface area contributed by atoms with Gasteiger partial charge >= 0.3 is 0 Å². The third-order valence-corrected chi connectivity index (χ3v) is 3.25. The second-order valence-electron chi connectivity index (χ2n) is 4.13. The summed E-state index contributed by atoms with van der Waals surface area (Å²) >= 11 is 5.91. The van der Waals surface area contributed by atoms with Gasteiger partial charge in [-0.15, -0.1) is 0 Å². The molecule has 2 nitrogen and oxygen atoms in total. The van der Waals surface area contributed by atoms with Crippen molar-refractivity contribution in [1.82, 2.24) is 4.57 Å². The first-order valence-corrected chi connectivity index (χ1v) is 6.05. The van der Waals surface area contributed by atoms with Gasteiger partial charge < -0.3 is 4.57 Å². The molecule has 1 heterocycles. The minimum absolute atomic E-state index is 0.0122. The molecule has 4 heteroatoms. The maximum Gasteiger partial charge on any atom is 0.179 e. The number of nitrogens with zero attached hydrogens (tertiary/aromatic N) is 1. The minimum Gasteiger partial charge on any atom is -0.348 e. The van der Waals surface area contributed by atoms with Crippen LogP contribution in [-0.4, -0.2) is 10.4 Å². The molecule has 0 radical (unpaired) electrons. The van der Waals surface area contributed by atoms with E-state index in [0.717, 1.165) is 0 Å². The molecule has 0 fully saturated rings. The van der Waals surface area contributed by atoms with Gasteiger partial charge in [0.05, 0.1) is 5.69 Å². The number of benzene rings is 1. The van der Waals surface area contributed by atoms with Crippen LogP contribution in [0.5, 0.6) is 0 Å². The number of hydrogen-bond donors (Lipinski definition) is 0. The van der Waals surface area contributed by atoms with Crippen molar-refractivity contribution in [3.63, 3.8) is 0 Å². The summed E-state index contributed by atoms with van der Waals surface area (Å²) in [5.74, 6) is -0.371. The van der Waals surface area contributed by atoms with Crippen LogP contribution in [0.15, 0.2) is 36.5 Å². The van der Waals surface area contributed by atoms with Crippen molar-refractivity contribution >= 4 is 17.4 Å². The number of carbonyl (C=O) groups is 1. The Hall–Kier alpha value is -1.61. The van der Waals surface area contributed by atoms with Crippen LogP contribution in [0.4, 0.5) is 4.39 Å². The lowest BCUT2D eigenvalue weighted by atomic mass is 10.1. The van der Waals surface area contributed by atoms with E-state index >= 15 is 0 Å². The lowest BCUT2D eigenvalue weighted by molar-refractivity contribution is 0.0975. The molecule has 2 aromatic rings. The molecule has 0 spiro atoms. The molecule has 0 aliphatic rings. The number of hydrogen-bond acceptors (Lipinski definition) is 1. The SMILES string of the molecule is Cn1cccc1C(=O)CCc1c(F)cccc1Cl. The summed E-state index contributed by atoms with van der Waals surface area (Å²) in [7, 11) is 1.81. The summed E-state index contributed by atoms with van der Waals surface area (Å²) in [6, 6.07) is 8.11. The molecule has 0 bridgehead atoms. The molecular weight excluding hydrogens is 253 g/mol. The Bertz CT molecular complexity index is 557.